The van der Waals surface area contributed by atoms with Crippen LogP contribution >= 0.6 is 0 Å². The Labute approximate surface area is 117 Å². The number of aromatic nitrogens is 4. The van der Waals surface area contributed by atoms with Gasteiger partial charge < -0.3 is 10.1 Å². The van der Waals surface area contributed by atoms with Crippen molar-refractivity contribution in [3.63, 3.8) is 0 Å². The van der Waals surface area contributed by atoms with Crippen molar-refractivity contribution in [2.24, 2.45) is 7.05 Å². The van der Waals surface area contributed by atoms with Gasteiger partial charge in [-0.25, -0.2) is 9.97 Å². The normalized spacial score (nSPS) is 18.3. The maximum absolute atomic E-state index is 5.37. The standard InChI is InChI=1S/C13H20N6O/c1-10(8-19-3-5-20-6-4-19)17-12-11-7-16-18(2)13(11)15-9-14-12/h7,9-10H,3-6,8H2,1-2H3,(H,14,15,17). The molecule has 7 nitrogen and oxygen atoms in total. The van der Waals surface area contributed by atoms with Crippen LogP contribution in [0.15, 0.2) is 12.5 Å². The predicted octanol–water partition coefficient (Wildman–Crippen LogP) is 0.496. The van der Waals surface area contributed by atoms with Crippen LogP contribution in [0.5, 0.6) is 0 Å². The lowest BCUT2D eigenvalue weighted by atomic mass is 10.2. The van der Waals surface area contributed by atoms with Crippen LogP contribution in [0.3, 0.4) is 0 Å². The molecule has 1 unspecified atom stereocenters. The Bertz CT molecular complexity index is 577. The Balaban J connectivity index is 1.69. The summed E-state index contributed by atoms with van der Waals surface area (Å²) < 4.78 is 7.13. The molecule has 3 heterocycles. The van der Waals surface area contributed by atoms with E-state index >= 15 is 0 Å². The first kappa shape index (κ1) is 13.3. The van der Waals surface area contributed by atoms with E-state index in [4.69, 9.17) is 4.74 Å². The van der Waals surface area contributed by atoms with Crippen LogP contribution in [-0.2, 0) is 11.8 Å². The molecule has 1 aliphatic heterocycles. The number of morpholine rings is 1. The monoisotopic (exact) mass is 276 g/mol. The number of anilines is 1. The van der Waals surface area contributed by atoms with Crippen molar-refractivity contribution in [3.8, 4) is 0 Å². The number of fused-ring (bicyclic) bond motifs is 1. The van der Waals surface area contributed by atoms with E-state index in [1.807, 2.05) is 7.05 Å². The molecule has 7 heteroatoms. The minimum absolute atomic E-state index is 0.311. The molecule has 0 bridgehead atoms. The van der Waals surface area contributed by atoms with E-state index in [0.29, 0.717) is 6.04 Å². The molecule has 1 fully saturated rings. The molecule has 108 valence electrons. The molecule has 2 aromatic heterocycles. The van der Waals surface area contributed by atoms with Gasteiger partial charge in [0.25, 0.3) is 0 Å². The van der Waals surface area contributed by atoms with Gasteiger partial charge in [0.1, 0.15) is 12.1 Å². The van der Waals surface area contributed by atoms with Crippen LogP contribution in [0.4, 0.5) is 5.82 Å². The zero-order valence-electron chi connectivity index (χ0n) is 11.9. The van der Waals surface area contributed by atoms with Gasteiger partial charge in [0.15, 0.2) is 5.65 Å². The van der Waals surface area contributed by atoms with Gasteiger partial charge in [-0.2, -0.15) is 5.10 Å². The van der Waals surface area contributed by atoms with E-state index in [1.54, 1.807) is 17.2 Å². The molecule has 0 radical (unpaired) electrons. The van der Waals surface area contributed by atoms with Crippen molar-refractivity contribution < 1.29 is 4.74 Å². The van der Waals surface area contributed by atoms with E-state index in [-0.39, 0.29) is 0 Å². The van der Waals surface area contributed by atoms with E-state index < -0.39 is 0 Å². The third-order valence-corrected chi connectivity index (χ3v) is 3.55. The summed E-state index contributed by atoms with van der Waals surface area (Å²) in [5.74, 6) is 0.851. The van der Waals surface area contributed by atoms with Crippen molar-refractivity contribution in [2.45, 2.75) is 13.0 Å². The van der Waals surface area contributed by atoms with Crippen LogP contribution in [0.2, 0.25) is 0 Å². The van der Waals surface area contributed by atoms with Crippen molar-refractivity contribution >= 4 is 16.9 Å². The quantitative estimate of drug-likeness (QED) is 0.877. The number of rotatable bonds is 4. The Morgan fingerprint density at radius 2 is 2.15 bits per heavy atom. The molecule has 0 aromatic carbocycles. The molecule has 3 rings (SSSR count). The number of nitrogens with one attached hydrogen (secondary N) is 1. The Kier molecular flexibility index (Phi) is 3.79. The summed E-state index contributed by atoms with van der Waals surface area (Å²) in [6.07, 6.45) is 3.38. The van der Waals surface area contributed by atoms with Gasteiger partial charge >= 0.3 is 0 Å². The Hall–Kier alpha value is -1.73. The molecular weight excluding hydrogens is 256 g/mol. The molecule has 0 saturated carbocycles. The molecular formula is C13H20N6O. The van der Waals surface area contributed by atoms with Gasteiger partial charge in [0.2, 0.25) is 0 Å². The molecule has 0 amide bonds. The number of aryl methyl sites for hydroxylation is 1. The fourth-order valence-electron chi connectivity index (χ4n) is 2.53. The SMILES string of the molecule is CC(CN1CCOCC1)Nc1ncnc2c1cnn2C. The topological polar surface area (TPSA) is 68.1 Å². The second kappa shape index (κ2) is 5.72. The van der Waals surface area contributed by atoms with Crippen molar-refractivity contribution in [2.75, 3.05) is 38.2 Å². The smallest absolute Gasteiger partial charge is 0.163 e. The van der Waals surface area contributed by atoms with Gasteiger partial charge in [0.05, 0.1) is 24.8 Å². The van der Waals surface area contributed by atoms with Crippen LogP contribution < -0.4 is 5.32 Å². The third kappa shape index (κ3) is 2.73. The zero-order chi connectivity index (χ0) is 13.9. The number of ether oxygens (including phenoxy) is 1. The highest BCUT2D eigenvalue weighted by Crippen LogP contribution is 2.18. The summed E-state index contributed by atoms with van der Waals surface area (Å²) in [6.45, 7) is 6.80. The first-order valence-corrected chi connectivity index (χ1v) is 6.93. The van der Waals surface area contributed by atoms with Gasteiger partial charge in [-0.15, -0.1) is 0 Å². The Morgan fingerprint density at radius 1 is 1.35 bits per heavy atom. The lowest BCUT2D eigenvalue weighted by Gasteiger charge is -2.29. The molecule has 1 saturated heterocycles. The van der Waals surface area contributed by atoms with Crippen LogP contribution in [0.25, 0.3) is 11.0 Å². The highest BCUT2D eigenvalue weighted by molar-refractivity contribution is 5.86. The van der Waals surface area contributed by atoms with Crippen LogP contribution in [-0.4, -0.2) is 63.5 Å². The fraction of sp³-hybridized carbons (Fsp3) is 0.615. The van der Waals surface area contributed by atoms with E-state index in [9.17, 15) is 0 Å². The van der Waals surface area contributed by atoms with Crippen molar-refractivity contribution in [1.82, 2.24) is 24.6 Å². The summed E-state index contributed by atoms with van der Waals surface area (Å²) in [5.41, 5.74) is 0.848. The first-order chi connectivity index (χ1) is 9.74. The average Bonchev–Trinajstić information content (AvgIpc) is 2.83. The first-order valence-electron chi connectivity index (χ1n) is 6.93. The van der Waals surface area contributed by atoms with Crippen molar-refractivity contribution in [1.29, 1.82) is 0 Å². The minimum Gasteiger partial charge on any atom is -0.379 e. The summed E-state index contributed by atoms with van der Waals surface area (Å²) in [7, 11) is 1.89. The molecule has 2 aromatic rings. The molecule has 20 heavy (non-hydrogen) atoms. The number of hydrogen-bond acceptors (Lipinski definition) is 6. The highest BCUT2D eigenvalue weighted by Gasteiger charge is 2.15. The predicted molar refractivity (Wildman–Crippen MR) is 76.6 cm³/mol. The van der Waals surface area contributed by atoms with Crippen LogP contribution in [0.1, 0.15) is 6.92 Å². The minimum atomic E-state index is 0.311. The zero-order valence-corrected chi connectivity index (χ0v) is 11.9. The molecule has 1 aliphatic rings. The average molecular weight is 276 g/mol. The summed E-state index contributed by atoms with van der Waals surface area (Å²) in [6, 6.07) is 0.311. The molecule has 0 spiro atoms. The molecule has 1 atom stereocenters. The van der Waals surface area contributed by atoms with E-state index in [0.717, 1.165) is 49.7 Å². The molecule has 0 aliphatic carbocycles. The van der Waals surface area contributed by atoms with E-state index in [2.05, 4.69) is 32.2 Å². The number of hydrogen-bond donors (Lipinski definition) is 1. The second-order valence-corrected chi connectivity index (χ2v) is 5.19. The van der Waals surface area contributed by atoms with E-state index in [1.165, 1.54) is 0 Å². The van der Waals surface area contributed by atoms with Gasteiger partial charge in [-0.05, 0) is 6.92 Å². The fourth-order valence-corrected chi connectivity index (χ4v) is 2.53. The summed E-state index contributed by atoms with van der Waals surface area (Å²) in [5, 5.41) is 8.65. The summed E-state index contributed by atoms with van der Waals surface area (Å²) >= 11 is 0. The van der Waals surface area contributed by atoms with Crippen molar-refractivity contribution in [3.05, 3.63) is 12.5 Å². The Morgan fingerprint density at radius 3 is 2.95 bits per heavy atom. The summed E-state index contributed by atoms with van der Waals surface area (Å²) in [4.78, 5) is 11.0. The van der Waals surface area contributed by atoms with Gasteiger partial charge in [0, 0.05) is 32.7 Å². The number of nitrogens with zero attached hydrogens (tertiary/aromatic N) is 5. The molecule has 1 N–H and O–H groups in total. The maximum atomic E-state index is 5.37. The lowest BCUT2D eigenvalue weighted by Crippen LogP contribution is -2.42. The highest BCUT2D eigenvalue weighted by atomic mass is 16.5. The van der Waals surface area contributed by atoms with Gasteiger partial charge in [-0.1, -0.05) is 0 Å². The van der Waals surface area contributed by atoms with Crippen LogP contribution in [0, 0.1) is 0 Å². The maximum Gasteiger partial charge on any atom is 0.163 e. The second-order valence-electron chi connectivity index (χ2n) is 5.19. The largest absolute Gasteiger partial charge is 0.379 e. The lowest BCUT2D eigenvalue weighted by molar-refractivity contribution is 0.0368. The van der Waals surface area contributed by atoms with Gasteiger partial charge in [-0.3, -0.25) is 9.58 Å². The third-order valence-electron chi connectivity index (χ3n) is 3.55.